The summed E-state index contributed by atoms with van der Waals surface area (Å²) in [6, 6.07) is 6.04. The minimum Gasteiger partial charge on any atom is -0.496 e. The van der Waals surface area contributed by atoms with Crippen LogP contribution in [0, 0.1) is 6.92 Å². The number of hydrogen-bond acceptors (Lipinski definition) is 3. The topological polar surface area (TPSA) is 58.6 Å². The minimum absolute atomic E-state index is 0.0639. The number of benzene rings is 1. The smallest absolute Gasteiger partial charge is 0.222 e. The van der Waals surface area contributed by atoms with E-state index in [0.29, 0.717) is 6.54 Å². The molecule has 0 atom stereocenters. The van der Waals surface area contributed by atoms with Crippen LogP contribution in [0.2, 0.25) is 0 Å². The molecule has 0 unspecified atom stereocenters. The second-order valence-corrected chi connectivity index (χ2v) is 6.02. The Morgan fingerprint density at radius 1 is 1.38 bits per heavy atom. The van der Waals surface area contributed by atoms with E-state index in [-0.39, 0.29) is 12.3 Å². The largest absolute Gasteiger partial charge is 0.496 e. The lowest BCUT2D eigenvalue weighted by Crippen LogP contribution is -2.35. The van der Waals surface area contributed by atoms with Crippen molar-refractivity contribution in [1.29, 1.82) is 0 Å². The van der Waals surface area contributed by atoms with E-state index in [1.165, 1.54) is 5.56 Å². The zero-order chi connectivity index (χ0) is 15.3. The molecular formula is C17H25NO3. The molecule has 4 nitrogen and oxygen atoms in total. The fraction of sp³-hybridized carbons (Fsp3) is 0.588. The van der Waals surface area contributed by atoms with Crippen molar-refractivity contribution in [3.05, 3.63) is 29.3 Å². The van der Waals surface area contributed by atoms with Crippen LogP contribution in [0.15, 0.2) is 18.2 Å². The number of rotatable bonds is 6. The SMILES string of the molecule is COc1ccc(C)cc1CCNC(=O)CC1(O)CCCC1. The number of hydrogen-bond donors (Lipinski definition) is 2. The van der Waals surface area contributed by atoms with E-state index < -0.39 is 5.60 Å². The van der Waals surface area contributed by atoms with Gasteiger partial charge < -0.3 is 15.2 Å². The van der Waals surface area contributed by atoms with Gasteiger partial charge in [0.1, 0.15) is 5.75 Å². The van der Waals surface area contributed by atoms with Gasteiger partial charge in [0, 0.05) is 6.54 Å². The molecule has 0 radical (unpaired) electrons. The monoisotopic (exact) mass is 291 g/mol. The molecule has 0 aliphatic heterocycles. The molecule has 0 spiro atoms. The summed E-state index contributed by atoms with van der Waals surface area (Å²) in [5, 5.41) is 13.1. The molecule has 0 heterocycles. The van der Waals surface area contributed by atoms with Gasteiger partial charge in [0.2, 0.25) is 5.91 Å². The third kappa shape index (κ3) is 4.46. The van der Waals surface area contributed by atoms with Crippen LogP contribution in [-0.2, 0) is 11.2 Å². The summed E-state index contributed by atoms with van der Waals surface area (Å²) in [6.45, 7) is 2.60. The van der Waals surface area contributed by atoms with Gasteiger partial charge >= 0.3 is 0 Å². The fourth-order valence-corrected chi connectivity index (χ4v) is 3.01. The lowest BCUT2D eigenvalue weighted by molar-refractivity contribution is -0.125. The maximum Gasteiger partial charge on any atom is 0.222 e. The average Bonchev–Trinajstić information content (AvgIpc) is 2.85. The van der Waals surface area contributed by atoms with Crippen LogP contribution in [0.25, 0.3) is 0 Å². The van der Waals surface area contributed by atoms with Crippen molar-refractivity contribution in [1.82, 2.24) is 5.32 Å². The second kappa shape index (κ2) is 6.94. The van der Waals surface area contributed by atoms with Crippen molar-refractivity contribution in [2.75, 3.05) is 13.7 Å². The summed E-state index contributed by atoms with van der Waals surface area (Å²) in [5.74, 6) is 0.787. The zero-order valence-electron chi connectivity index (χ0n) is 12.9. The summed E-state index contributed by atoms with van der Waals surface area (Å²) >= 11 is 0. The Kier molecular flexibility index (Phi) is 5.23. The first kappa shape index (κ1) is 15.8. The number of aliphatic hydroxyl groups is 1. The molecule has 1 amide bonds. The normalized spacial score (nSPS) is 16.7. The Hall–Kier alpha value is -1.55. The predicted octanol–water partition coefficient (Wildman–Crippen LogP) is 2.36. The van der Waals surface area contributed by atoms with Gasteiger partial charge in [-0.2, -0.15) is 0 Å². The molecule has 4 heteroatoms. The van der Waals surface area contributed by atoms with Gasteiger partial charge in [-0.25, -0.2) is 0 Å². The molecule has 1 saturated carbocycles. The fourth-order valence-electron chi connectivity index (χ4n) is 3.01. The highest BCUT2D eigenvalue weighted by Crippen LogP contribution is 2.32. The van der Waals surface area contributed by atoms with Gasteiger partial charge in [-0.1, -0.05) is 30.5 Å². The molecule has 0 bridgehead atoms. The Morgan fingerprint density at radius 2 is 2.10 bits per heavy atom. The van der Waals surface area contributed by atoms with Crippen molar-refractivity contribution in [2.45, 2.75) is 51.0 Å². The van der Waals surface area contributed by atoms with Crippen LogP contribution >= 0.6 is 0 Å². The Balaban J connectivity index is 1.81. The summed E-state index contributed by atoms with van der Waals surface area (Å²) < 4.78 is 5.33. The number of amides is 1. The highest BCUT2D eigenvalue weighted by Gasteiger charge is 2.33. The maximum atomic E-state index is 11.9. The Bertz CT molecular complexity index is 493. The maximum absolute atomic E-state index is 11.9. The number of aryl methyl sites for hydroxylation is 1. The van der Waals surface area contributed by atoms with Gasteiger partial charge in [-0.3, -0.25) is 4.79 Å². The molecule has 21 heavy (non-hydrogen) atoms. The van der Waals surface area contributed by atoms with Crippen molar-refractivity contribution >= 4 is 5.91 Å². The predicted molar refractivity (Wildman–Crippen MR) is 82.5 cm³/mol. The number of methoxy groups -OCH3 is 1. The first-order valence-electron chi connectivity index (χ1n) is 7.65. The van der Waals surface area contributed by atoms with E-state index in [0.717, 1.165) is 43.4 Å². The van der Waals surface area contributed by atoms with Gasteiger partial charge in [-0.15, -0.1) is 0 Å². The number of carbonyl (C=O) groups excluding carboxylic acids is 1. The van der Waals surface area contributed by atoms with Gasteiger partial charge in [0.05, 0.1) is 19.1 Å². The van der Waals surface area contributed by atoms with Crippen LogP contribution < -0.4 is 10.1 Å². The van der Waals surface area contributed by atoms with Crippen molar-refractivity contribution in [3.63, 3.8) is 0 Å². The van der Waals surface area contributed by atoms with Gasteiger partial charge in [0.15, 0.2) is 0 Å². The van der Waals surface area contributed by atoms with Crippen LogP contribution in [-0.4, -0.2) is 30.3 Å². The number of carbonyl (C=O) groups is 1. The second-order valence-electron chi connectivity index (χ2n) is 6.02. The molecule has 1 aliphatic carbocycles. The van der Waals surface area contributed by atoms with E-state index >= 15 is 0 Å². The van der Waals surface area contributed by atoms with E-state index in [1.54, 1.807) is 7.11 Å². The molecule has 1 aromatic carbocycles. The van der Waals surface area contributed by atoms with Crippen molar-refractivity contribution in [3.8, 4) is 5.75 Å². The van der Waals surface area contributed by atoms with Crippen LogP contribution in [0.5, 0.6) is 5.75 Å². The molecular weight excluding hydrogens is 266 g/mol. The van der Waals surface area contributed by atoms with E-state index in [2.05, 4.69) is 11.4 Å². The lowest BCUT2D eigenvalue weighted by atomic mass is 9.97. The highest BCUT2D eigenvalue weighted by atomic mass is 16.5. The molecule has 0 saturated heterocycles. The van der Waals surface area contributed by atoms with Crippen LogP contribution in [0.3, 0.4) is 0 Å². The first-order chi connectivity index (χ1) is 10.0. The molecule has 0 aromatic heterocycles. The Morgan fingerprint density at radius 3 is 2.76 bits per heavy atom. The third-order valence-corrected chi connectivity index (χ3v) is 4.18. The van der Waals surface area contributed by atoms with Gasteiger partial charge in [-0.05, 0) is 37.8 Å². The van der Waals surface area contributed by atoms with E-state index in [4.69, 9.17) is 4.74 Å². The number of nitrogens with one attached hydrogen (secondary N) is 1. The summed E-state index contributed by atoms with van der Waals surface area (Å²) in [6.07, 6.45) is 4.47. The molecule has 116 valence electrons. The molecule has 2 N–H and O–H groups in total. The highest BCUT2D eigenvalue weighted by molar-refractivity contribution is 5.77. The van der Waals surface area contributed by atoms with Crippen LogP contribution in [0.1, 0.15) is 43.2 Å². The quantitative estimate of drug-likeness (QED) is 0.846. The summed E-state index contributed by atoms with van der Waals surface area (Å²) in [4.78, 5) is 11.9. The van der Waals surface area contributed by atoms with Gasteiger partial charge in [0.25, 0.3) is 0 Å². The summed E-state index contributed by atoms with van der Waals surface area (Å²) in [7, 11) is 1.66. The van der Waals surface area contributed by atoms with Crippen molar-refractivity contribution in [2.24, 2.45) is 0 Å². The lowest BCUT2D eigenvalue weighted by Gasteiger charge is -2.21. The van der Waals surface area contributed by atoms with Crippen molar-refractivity contribution < 1.29 is 14.6 Å². The third-order valence-electron chi connectivity index (χ3n) is 4.18. The molecule has 1 fully saturated rings. The van der Waals surface area contributed by atoms with E-state index in [1.807, 2.05) is 19.1 Å². The Labute approximate surface area is 126 Å². The summed E-state index contributed by atoms with van der Waals surface area (Å²) in [5.41, 5.74) is 1.50. The standard InChI is InChI=1S/C17H25NO3/c1-13-5-6-15(21-2)14(11-13)7-10-18-16(19)12-17(20)8-3-4-9-17/h5-6,11,20H,3-4,7-10,12H2,1-2H3,(H,18,19). The zero-order valence-corrected chi connectivity index (χ0v) is 12.9. The first-order valence-corrected chi connectivity index (χ1v) is 7.65. The van der Waals surface area contributed by atoms with Crippen LogP contribution in [0.4, 0.5) is 0 Å². The average molecular weight is 291 g/mol. The molecule has 1 aliphatic rings. The molecule has 1 aromatic rings. The minimum atomic E-state index is -0.773. The van der Waals surface area contributed by atoms with E-state index in [9.17, 15) is 9.90 Å². The number of ether oxygens (including phenoxy) is 1. The molecule has 2 rings (SSSR count).